The summed E-state index contributed by atoms with van der Waals surface area (Å²) >= 11 is 0. The van der Waals surface area contributed by atoms with Gasteiger partial charge in [-0.3, -0.25) is 4.99 Å². The lowest BCUT2D eigenvalue weighted by Crippen LogP contribution is -2.29. The first-order chi connectivity index (χ1) is 33.8. The summed E-state index contributed by atoms with van der Waals surface area (Å²) in [6.45, 7) is 12.4. The first-order valence-corrected chi connectivity index (χ1v) is 23.4. The first-order valence-electron chi connectivity index (χ1n) is 23.4. The number of hydrogen-bond acceptors (Lipinski definition) is 5. The highest BCUT2D eigenvalue weighted by molar-refractivity contribution is 6.10. The lowest BCUT2D eigenvalue weighted by atomic mass is 9.89. The lowest BCUT2D eigenvalue weighted by Gasteiger charge is -2.24. The molecule has 342 valence electrons. The van der Waals surface area contributed by atoms with E-state index in [0.717, 1.165) is 81.6 Å². The van der Waals surface area contributed by atoms with E-state index in [2.05, 4.69) is 135 Å². The Labute approximate surface area is 407 Å². The predicted molar refractivity (Wildman–Crippen MR) is 281 cm³/mol. The normalized spacial score (nSPS) is 11.7. The monoisotopic (exact) mass is 904 g/mol. The highest BCUT2D eigenvalue weighted by atomic mass is 16.5. The molecule has 2 atom stereocenters. The third kappa shape index (κ3) is 13.3. The Morgan fingerprint density at radius 2 is 0.971 bits per heavy atom. The molecule has 0 heterocycles. The Hall–Kier alpha value is -8.45. The number of unbranched alkanes of at least 4 members (excludes halogenated alkanes) is 2. The van der Waals surface area contributed by atoms with Gasteiger partial charge in [-0.2, -0.15) is 0 Å². The molecular formula is C63H56N2O4. The van der Waals surface area contributed by atoms with Crippen molar-refractivity contribution in [1.29, 1.82) is 0 Å². The molecule has 0 saturated heterocycles. The molecule has 1 unspecified atom stereocenters. The van der Waals surface area contributed by atoms with Crippen LogP contribution in [-0.2, 0) is 9.47 Å². The van der Waals surface area contributed by atoms with Gasteiger partial charge in [0, 0.05) is 33.9 Å². The van der Waals surface area contributed by atoms with E-state index < -0.39 is 0 Å². The minimum Gasteiger partial charge on any atom is -0.462 e. The van der Waals surface area contributed by atoms with Crippen LogP contribution in [0.3, 0.4) is 0 Å². The first kappa shape index (κ1) is 48.5. The number of carbonyl (C=O) groups excluding carboxylic acids is 2. The maximum atomic E-state index is 13.0. The Morgan fingerprint density at radius 1 is 0.536 bits per heavy atom. The number of carbonyl (C=O) groups is 2. The Bertz CT molecular complexity index is 2870. The van der Waals surface area contributed by atoms with Crippen LogP contribution in [0.15, 0.2) is 206 Å². The quantitative estimate of drug-likeness (QED) is 0.0246. The minimum absolute atomic E-state index is 0.0799. The number of aliphatic imine (C=N–C) groups is 1. The van der Waals surface area contributed by atoms with E-state index in [1.54, 1.807) is 12.1 Å². The van der Waals surface area contributed by atoms with Gasteiger partial charge in [-0.15, -0.1) is 13.2 Å². The van der Waals surface area contributed by atoms with Crippen LogP contribution in [0.5, 0.6) is 0 Å². The Balaban J connectivity index is 1.27. The summed E-state index contributed by atoms with van der Waals surface area (Å²) in [5.41, 5.74) is 10.8. The number of allylic oxidation sites excluding steroid dienone is 2. The maximum absolute atomic E-state index is 13.0. The topological polar surface area (TPSA) is 77.0 Å². The van der Waals surface area contributed by atoms with Crippen LogP contribution in [0.2, 0.25) is 0 Å². The fourth-order valence-electron chi connectivity index (χ4n) is 7.72. The van der Waals surface area contributed by atoms with Crippen LogP contribution >= 0.6 is 0 Å². The smallest absolute Gasteiger partial charge is 0.339 e. The van der Waals surface area contributed by atoms with Crippen molar-refractivity contribution in [1.82, 2.24) is 5.32 Å². The van der Waals surface area contributed by atoms with Gasteiger partial charge in [0.05, 0.1) is 30.4 Å². The highest BCUT2D eigenvalue weighted by Gasteiger charge is 2.21. The van der Waals surface area contributed by atoms with E-state index in [1.165, 1.54) is 0 Å². The molecule has 0 amide bonds. The summed E-state index contributed by atoms with van der Waals surface area (Å²) in [6.07, 6.45) is 6.62. The summed E-state index contributed by atoms with van der Waals surface area (Å²) in [7, 11) is 0. The number of amidine groups is 1. The van der Waals surface area contributed by atoms with E-state index >= 15 is 0 Å². The van der Waals surface area contributed by atoms with Crippen LogP contribution in [0.1, 0.15) is 111 Å². The molecular weight excluding hydrogens is 849 g/mol. The molecule has 6 nitrogen and oxygen atoms in total. The Kier molecular flexibility index (Phi) is 17.5. The van der Waals surface area contributed by atoms with Crippen molar-refractivity contribution in [2.45, 2.75) is 51.6 Å². The van der Waals surface area contributed by atoms with E-state index in [9.17, 15) is 9.59 Å². The summed E-state index contributed by atoms with van der Waals surface area (Å²) in [6, 6.07) is 57.7. The third-order valence-corrected chi connectivity index (χ3v) is 11.5. The number of benzene rings is 7. The van der Waals surface area contributed by atoms with Crippen LogP contribution < -0.4 is 5.32 Å². The standard InChI is InChI=1S/C63H56N2O4/c1-5-7-19-44-68-62(66)58-28-17-15-26-52(58)38-32-48-34-40-54(41-35-48)56-30-21-31-57(60(56)61(64-46(3)50-22-11-9-12-23-50)65-47(4)51-24-13-10-14-25-51)55-42-36-49(37-43-55)33-39-53-27-16-18-29-59(53)63(67)69-45-20-8-6-2/h5-6,9-18,21-31,34-37,40-43,46-47H,1-2,7-8,19-20,44-45H2,3-4H3,(H,64,65)/t46-,47?/m0/s1. The molecule has 7 aromatic rings. The molecule has 7 aromatic carbocycles. The molecule has 0 bridgehead atoms. The van der Waals surface area contributed by atoms with Crippen molar-refractivity contribution < 1.29 is 19.1 Å². The molecule has 69 heavy (non-hydrogen) atoms. The van der Waals surface area contributed by atoms with E-state index in [0.29, 0.717) is 35.5 Å². The molecule has 0 saturated carbocycles. The fraction of sp³-hybridized carbons (Fsp3) is 0.159. The molecule has 1 N–H and O–H groups in total. The van der Waals surface area contributed by atoms with Gasteiger partial charge in [0.2, 0.25) is 0 Å². The van der Waals surface area contributed by atoms with Crippen LogP contribution in [0.25, 0.3) is 22.3 Å². The average molecular weight is 905 g/mol. The van der Waals surface area contributed by atoms with Crippen LogP contribution in [-0.4, -0.2) is 31.0 Å². The van der Waals surface area contributed by atoms with E-state index in [-0.39, 0.29) is 24.0 Å². The maximum Gasteiger partial charge on any atom is 0.339 e. The second kappa shape index (κ2) is 24.9. The number of nitrogens with zero attached hydrogens (tertiary/aromatic N) is 1. The average Bonchev–Trinajstić information content (AvgIpc) is 3.40. The van der Waals surface area contributed by atoms with Crippen LogP contribution in [0.4, 0.5) is 0 Å². The van der Waals surface area contributed by atoms with Gasteiger partial charge < -0.3 is 14.8 Å². The fourth-order valence-corrected chi connectivity index (χ4v) is 7.72. The van der Waals surface area contributed by atoms with Gasteiger partial charge in [0.15, 0.2) is 0 Å². The zero-order valence-electron chi connectivity index (χ0n) is 39.3. The Morgan fingerprint density at radius 3 is 1.43 bits per heavy atom. The number of nitrogens with one attached hydrogen (secondary N) is 1. The second-order valence-corrected chi connectivity index (χ2v) is 16.4. The molecule has 0 fully saturated rings. The summed E-state index contributed by atoms with van der Waals surface area (Å²) in [5, 5.41) is 3.86. The number of ether oxygens (including phenoxy) is 2. The zero-order chi connectivity index (χ0) is 48.2. The van der Waals surface area contributed by atoms with Crippen molar-refractivity contribution in [2.24, 2.45) is 4.99 Å². The third-order valence-electron chi connectivity index (χ3n) is 11.5. The molecule has 0 aliphatic heterocycles. The lowest BCUT2D eigenvalue weighted by molar-refractivity contribution is 0.0491. The van der Waals surface area contributed by atoms with Gasteiger partial charge in [0.1, 0.15) is 5.84 Å². The molecule has 0 aliphatic carbocycles. The molecule has 0 aromatic heterocycles. The van der Waals surface area contributed by atoms with Gasteiger partial charge in [-0.05, 0) is 121 Å². The van der Waals surface area contributed by atoms with Crippen molar-refractivity contribution in [2.75, 3.05) is 13.2 Å². The van der Waals surface area contributed by atoms with Crippen molar-refractivity contribution >= 4 is 17.8 Å². The van der Waals surface area contributed by atoms with Gasteiger partial charge in [0.25, 0.3) is 0 Å². The minimum atomic E-state index is -0.390. The molecule has 0 radical (unpaired) electrons. The highest BCUT2D eigenvalue weighted by Crippen LogP contribution is 2.35. The largest absolute Gasteiger partial charge is 0.462 e. The molecule has 7 rings (SSSR count). The second-order valence-electron chi connectivity index (χ2n) is 16.4. The number of rotatable bonds is 17. The van der Waals surface area contributed by atoms with E-state index in [4.69, 9.17) is 14.5 Å². The van der Waals surface area contributed by atoms with Crippen LogP contribution in [0, 0.1) is 23.7 Å². The summed E-state index contributed by atoms with van der Waals surface area (Å²) < 4.78 is 11.1. The summed E-state index contributed by atoms with van der Waals surface area (Å²) in [5.74, 6) is 13.0. The van der Waals surface area contributed by atoms with E-state index in [1.807, 2.05) is 97.1 Å². The van der Waals surface area contributed by atoms with Gasteiger partial charge in [-0.1, -0.05) is 163 Å². The summed E-state index contributed by atoms with van der Waals surface area (Å²) in [4.78, 5) is 31.4. The van der Waals surface area contributed by atoms with Crippen molar-refractivity contribution in [3.63, 3.8) is 0 Å². The van der Waals surface area contributed by atoms with Crippen molar-refractivity contribution in [3.05, 3.63) is 251 Å². The van der Waals surface area contributed by atoms with Gasteiger partial charge >= 0.3 is 11.9 Å². The number of hydrogen-bond donors (Lipinski definition) is 1. The van der Waals surface area contributed by atoms with Crippen molar-refractivity contribution in [3.8, 4) is 45.9 Å². The zero-order valence-corrected chi connectivity index (χ0v) is 39.3. The molecule has 0 aliphatic rings. The molecule has 6 heteroatoms. The predicted octanol–water partition coefficient (Wildman–Crippen LogP) is 13.9. The number of esters is 2. The SMILES string of the molecule is C=CCCCOC(=O)c1ccccc1C#Cc1ccc(-c2cccc(-c3ccc(C#Cc4ccccc4C(=O)OCCCC=C)cc3)c2C(=N[C@@H](C)c2ccccc2)NC(C)c2ccccc2)cc1. The molecule has 0 spiro atoms. The van der Waals surface area contributed by atoms with Gasteiger partial charge in [-0.25, -0.2) is 9.59 Å².